The van der Waals surface area contributed by atoms with Crippen LogP contribution in [0.4, 0.5) is 13.2 Å². The highest BCUT2D eigenvalue weighted by Gasteiger charge is 2.31. The molecular weight excluding hydrogens is 411 g/mol. The Bertz CT molecular complexity index is 1030. The van der Waals surface area contributed by atoms with Gasteiger partial charge in [0.15, 0.2) is 5.16 Å². The van der Waals surface area contributed by atoms with Crippen LogP contribution in [0.2, 0.25) is 0 Å². The number of nitrogens with zero attached hydrogens (tertiary/aromatic N) is 3. The van der Waals surface area contributed by atoms with Crippen molar-refractivity contribution in [1.29, 1.82) is 0 Å². The third kappa shape index (κ3) is 3.53. The van der Waals surface area contributed by atoms with Crippen LogP contribution >= 0.6 is 23.1 Å². The van der Waals surface area contributed by atoms with Gasteiger partial charge < -0.3 is 5.11 Å². The van der Waals surface area contributed by atoms with E-state index in [-0.39, 0.29) is 5.75 Å². The predicted molar refractivity (Wildman–Crippen MR) is 100 cm³/mol. The molecule has 0 unspecified atom stereocenters. The molecule has 0 fully saturated rings. The Hall–Kier alpha value is -2.33. The van der Waals surface area contributed by atoms with E-state index in [0.29, 0.717) is 5.16 Å². The fraction of sp³-hybridized carbons (Fsp3) is 0.278. The molecule has 146 valence electrons. The highest BCUT2D eigenvalue weighted by molar-refractivity contribution is 7.99. The van der Waals surface area contributed by atoms with E-state index in [1.54, 1.807) is 10.9 Å². The van der Waals surface area contributed by atoms with Crippen LogP contribution in [0.1, 0.15) is 23.1 Å². The van der Waals surface area contributed by atoms with Crippen LogP contribution < -0.4 is 0 Å². The van der Waals surface area contributed by atoms with Crippen molar-refractivity contribution in [2.75, 3.05) is 5.75 Å². The summed E-state index contributed by atoms with van der Waals surface area (Å²) in [6, 6.07) is 5.21. The number of carboxylic acids is 1. The number of rotatable bonds is 5. The second-order valence-electron chi connectivity index (χ2n) is 6.29. The fourth-order valence-corrected chi connectivity index (χ4v) is 5.35. The number of halogens is 3. The first-order chi connectivity index (χ1) is 13.3. The highest BCUT2D eigenvalue weighted by atomic mass is 32.2. The van der Waals surface area contributed by atoms with Crippen molar-refractivity contribution >= 4 is 29.1 Å². The van der Waals surface area contributed by atoms with Crippen LogP contribution in [0.3, 0.4) is 0 Å². The van der Waals surface area contributed by atoms with E-state index in [4.69, 9.17) is 5.11 Å². The molecule has 0 saturated heterocycles. The van der Waals surface area contributed by atoms with E-state index < -0.39 is 17.7 Å². The third-order valence-corrected chi connectivity index (χ3v) is 6.73. The van der Waals surface area contributed by atoms with E-state index in [9.17, 15) is 18.0 Å². The number of aliphatic carboxylic acids is 1. The van der Waals surface area contributed by atoms with Gasteiger partial charge in [-0.25, -0.2) is 0 Å². The summed E-state index contributed by atoms with van der Waals surface area (Å²) in [6.45, 7) is 0. The summed E-state index contributed by atoms with van der Waals surface area (Å²) in [5, 5.41) is 18.2. The summed E-state index contributed by atoms with van der Waals surface area (Å²) in [7, 11) is 0. The number of fused-ring (bicyclic) bond motifs is 1. The molecule has 28 heavy (non-hydrogen) atoms. The molecular formula is C18H14F3N3O2S2. The number of carbonyl (C=O) groups is 1. The van der Waals surface area contributed by atoms with Crippen LogP contribution in [-0.4, -0.2) is 31.6 Å². The summed E-state index contributed by atoms with van der Waals surface area (Å²) in [5.74, 6) is -1.07. The Morgan fingerprint density at radius 2 is 1.93 bits per heavy atom. The Labute approximate surface area is 166 Å². The van der Waals surface area contributed by atoms with Crippen molar-refractivity contribution in [3.8, 4) is 15.4 Å². The standard InChI is InChI=1S/C18H14F3N3O2S2/c19-18(20,21)11-6-4-10(5-7-11)15-12-2-1-3-13(12)16(28-15)24-9-22-23-17(24)27-8-14(25)26/h4-7,9H,1-3,8H2,(H,25,26). The maximum absolute atomic E-state index is 12.8. The molecule has 0 amide bonds. The SMILES string of the molecule is O=C(O)CSc1nncn1-c1sc(-c2ccc(C(F)(F)F)cc2)c2c1CCC2. The van der Waals surface area contributed by atoms with Gasteiger partial charge in [-0.15, -0.1) is 21.5 Å². The second-order valence-corrected chi connectivity index (χ2v) is 8.23. The van der Waals surface area contributed by atoms with Gasteiger partial charge in [-0.2, -0.15) is 13.2 Å². The largest absolute Gasteiger partial charge is 0.481 e. The normalized spacial score (nSPS) is 13.7. The molecule has 1 aliphatic rings. The zero-order valence-electron chi connectivity index (χ0n) is 14.4. The summed E-state index contributed by atoms with van der Waals surface area (Å²) in [4.78, 5) is 11.8. The summed E-state index contributed by atoms with van der Waals surface area (Å²) in [6.07, 6.45) is -0.117. The van der Waals surface area contributed by atoms with Gasteiger partial charge in [-0.3, -0.25) is 9.36 Å². The van der Waals surface area contributed by atoms with E-state index in [1.807, 2.05) is 0 Å². The summed E-state index contributed by atoms with van der Waals surface area (Å²) < 4.78 is 40.3. The monoisotopic (exact) mass is 425 g/mol. The van der Waals surface area contributed by atoms with Crippen molar-refractivity contribution in [1.82, 2.24) is 14.8 Å². The first-order valence-electron chi connectivity index (χ1n) is 8.41. The Morgan fingerprint density at radius 1 is 1.21 bits per heavy atom. The van der Waals surface area contributed by atoms with Crippen molar-refractivity contribution in [3.05, 3.63) is 47.3 Å². The second kappa shape index (κ2) is 7.25. The molecule has 4 rings (SSSR count). The number of aromatic nitrogens is 3. The molecule has 0 saturated carbocycles. The molecule has 1 N–H and O–H groups in total. The van der Waals surface area contributed by atoms with E-state index in [2.05, 4.69) is 10.2 Å². The van der Waals surface area contributed by atoms with Gasteiger partial charge in [0, 0.05) is 4.88 Å². The van der Waals surface area contributed by atoms with Crippen molar-refractivity contribution in [2.45, 2.75) is 30.6 Å². The lowest BCUT2D eigenvalue weighted by Crippen LogP contribution is -2.03. The first kappa shape index (κ1) is 19.0. The number of thioether (sulfide) groups is 1. The average molecular weight is 425 g/mol. The van der Waals surface area contributed by atoms with Crippen LogP contribution in [0.25, 0.3) is 15.4 Å². The van der Waals surface area contributed by atoms with Crippen molar-refractivity contribution in [2.24, 2.45) is 0 Å². The average Bonchev–Trinajstić information content (AvgIpc) is 3.35. The van der Waals surface area contributed by atoms with E-state index in [0.717, 1.165) is 69.7 Å². The number of benzene rings is 1. The highest BCUT2D eigenvalue weighted by Crippen LogP contribution is 2.44. The lowest BCUT2D eigenvalue weighted by molar-refractivity contribution is -0.137. The van der Waals surface area contributed by atoms with Gasteiger partial charge in [0.2, 0.25) is 0 Å². The molecule has 2 heterocycles. The van der Waals surface area contributed by atoms with Crippen LogP contribution in [-0.2, 0) is 23.8 Å². The quantitative estimate of drug-likeness (QED) is 0.601. The lowest BCUT2D eigenvalue weighted by Gasteiger charge is -2.07. The number of carboxylic acid groups (broad SMARTS) is 1. The molecule has 2 aromatic heterocycles. The molecule has 1 aromatic carbocycles. The van der Waals surface area contributed by atoms with Gasteiger partial charge in [0.1, 0.15) is 11.3 Å². The Balaban J connectivity index is 1.73. The molecule has 0 radical (unpaired) electrons. The van der Waals surface area contributed by atoms with Crippen molar-refractivity contribution < 1.29 is 23.1 Å². The van der Waals surface area contributed by atoms with Crippen LogP contribution in [0, 0.1) is 0 Å². The number of hydrogen-bond donors (Lipinski definition) is 1. The minimum Gasteiger partial charge on any atom is -0.481 e. The molecule has 0 bridgehead atoms. The van der Waals surface area contributed by atoms with Gasteiger partial charge in [-0.05, 0) is 48.1 Å². The number of hydrogen-bond acceptors (Lipinski definition) is 5. The number of thiophene rings is 1. The first-order valence-corrected chi connectivity index (χ1v) is 10.2. The minimum absolute atomic E-state index is 0.127. The maximum atomic E-state index is 12.8. The molecule has 1 aliphatic carbocycles. The Morgan fingerprint density at radius 3 is 2.61 bits per heavy atom. The third-order valence-electron chi connectivity index (χ3n) is 4.48. The zero-order valence-corrected chi connectivity index (χ0v) is 16.0. The predicted octanol–water partition coefficient (Wildman–Crippen LogP) is 4.68. The van der Waals surface area contributed by atoms with Gasteiger partial charge in [0.25, 0.3) is 0 Å². The van der Waals surface area contributed by atoms with Gasteiger partial charge in [0.05, 0.1) is 11.3 Å². The lowest BCUT2D eigenvalue weighted by atomic mass is 10.1. The number of alkyl halides is 3. The van der Waals surface area contributed by atoms with E-state index >= 15 is 0 Å². The maximum Gasteiger partial charge on any atom is 0.416 e. The molecule has 5 nitrogen and oxygen atoms in total. The zero-order chi connectivity index (χ0) is 19.9. The molecule has 0 spiro atoms. The molecule has 3 aromatic rings. The van der Waals surface area contributed by atoms with Gasteiger partial charge in [-0.1, -0.05) is 23.9 Å². The summed E-state index contributed by atoms with van der Waals surface area (Å²) >= 11 is 2.56. The van der Waals surface area contributed by atoms with Crippen LogP contribution in [0.5, 0.6) is 0 Å². The smallest absolute Gasteiger partial charge is 0.416 e. The fourth-order valence-electron chi connectivity index (χ4n) is 3.28. The Kier molecular flexibility index (Phi) is 4.92. The molecule has 10 heteroatoms. The molecule has 0 aliphatic heterocycles. The van der Waals surface area contributed by atoms with E-state index in [1.165, 1.54) is 23.5 Å². The minimum atomic E-state index is -4.36. The topological polar surface area (TPSA) is 68.0 Å². The van der Waals surface area contributed by atoms with Crippen molar-refractivity contribution in [3.63, 3.8) is 0 Å². The summed E-state index contributed by atoms with van der Waals surface area (Å²) in [5.41, 5.74) is 2.35. The van der Waals surface area contributed by atoms with Gasteiger partial charge >= 0.3 is 12.1 Å². The van der Waals surface area contributed by atoms with Crippen LogP contribution in [0.15, 0.2) is 35.7 Å². The molecule has 0 atom stereocenters.